The summed E-state index contributed by atoms with van der Waals surface area (Å²) in [6, 6.07) is -1.27. The predicted molar refractivity (Wildman–Crippen MR) is 61.2 cm³/mol. The second-order valence-corrected chi connectivity index (χ2v) is 4.14. The monoisotopic (exact) mass is 245 g/mol. The Morgan fingerprint density at radius 1 is 1.35 bits per heavy atom. The molecule has 17 heavy (non-hydrogen) atoms. The van der Waals surface area contributed by atoms with Crippen molar-refractivity contribution in [3.8, 4) is 0 Å². The van der Waals surface area contributed by atoms with Gasteiger partial charge >= 0.3 is 12.0 Å². The first kappa shape index (κ1) is 15.2. The van der Waals surface area contributed by atoms with Crippen LogP contribution in [0.15, 0.2) is 0 Å². The van der Waals surface area contributed by atoms with Gasteiger partial charge < -0.3 is 21.1 Å². The number of nitrogens with zero attached hydrogens (tertiary/aromatic N) is 1. The van der Waals surface area contributed by atoms with E-state index in [0.29, 0.717) is 0 Å². The van der Waals surface area contributed by atoms with Crippen molar-refractivity contribution in [2.24, 2.45) is 11.7 Å². The molecule has 0 aromatic rings. The summed E-state index contributed by atoms with van der Waals surface area (Å²) in [5.41, 5.74) is 5.14. The molecule has 0 aromatic carbocycles. The van der Waals surface area contributed by atoms with E-state index in [2.05, 4.69) is 5.32 Å². The van der Waals surface area contributed by atoms with E-state index < -0.39 is 23.9 Å². The zero-order valence-electron chi connectivity index (χ0n) is 10.3. The summed E-state index contributed by atoms with van der Waals surface area (Å²) < 4.78 is 0. The second kappa shape index (κ2) is 6.72. The van der Waals surface area contributed by atoms with Crippen LogP contribution in [0.4, 0.5) is 4.79 Å². The third kappa shape index (κ3) is 5.74. The topological polar surface area (TPSA) is 113 Å². The van der Waals surface area contributed by atoms with E-state index in [0.717, 1.165) is 0 Å². The Hall–Kier alpha value is -1.79. The van der Waals surface area contributed by atoms with Crippen molar-refractivity contribution in [2.75, 3.05) is 13.6 Å². The van der Waals surface area contributed by atoms with Crippen molar-refractivity contribution < 1.29 is 19.5 Å². The predicted octanol–water partition coefficient (Wildman–Crippen LogP) is -0.388. The number of carbonyl (C=O) groups is 3. The van der Waals surface area contributed by atoms with Crippen LogP contribution >= 0.6 is 0 Å². The number of carbonyl (C=O) groups excluding carboxylic acids is 2. The molecule has 0 spiro atoms. The van der Waals surface area contributed by atoms with E-state index >= 15 is 0 Å². The minimum Gasteiger partial charge on any atom is -0.481 e. The van der Waals surface area contributed by atoms with Crippen molar-refractivity contribution in [3.63, 3.8) is 0 Å². The molecule has 0 saturated carbocycles. The summed E-state index contributed by atoms with van der Waals surface area (Å²) >= 11 is 0. The third-order valence-corrected chi connectivity index (χ3v) is 2.26. The van der Waals surface area contributed by atoms with Crippen LogP contribution in [0.25, 0.3) is 0 Å². The van der Waals surface area contributed by atoms with E-state index in [1.807, 2.05) is 0 Å². The van der Waals surface area contributed by atoms with Crippen LogP contribution < -0.4 is 11.1 Å². The molecule has 7 nitrogen and oxygen atoms in total. The highest BCUT2D eigenvalue weighted by Gasteiger charge is 2.23. The number of urea groups is 1. The molecule has 1 unspecified atom stereocenters. The fourth-order valence-corrected chi connectivity index (χ4v) is 1.17. The lowest BCUT2D eigenvalue weighted by Crippen LogP contribution is -2.51. The lowest BCUT2D eigenvalue weighted by molar-refractivity contribution is -0.137. The number of nitrogens with two attached hydrogens (primary N) is 1. The van der Waals surface area contributed by atoms with Crippen LogP contribution in [0.1, 0.15) is 20.3 Å². The average molecular weight is 245 g/mol. The Bertz CT molecular complexity index is 304. The summed E-state index contributed by atoms with van der Waals surface area (Å²) in [6.07, 6.45) is -0.146. The van der Waals surface area contributed by atoms with Gasteiger partial charge in [0.05, 0.1) is 6.42 Å². The molecule has 0 aliphatic carbocycles. The summed E-state index contributed by atoms with van der Waals surface area (Å²) in [6.45, 7) is 3.59. The number of aliphatic carboxylic acids is 1. The second-order valence-electron chi connectivity index (χ2n) is 4.14. The van der Waals surface area contributed by atoms with E-state index in [-0.39, 0.29) is 18.9 Å². The average Bonchev–Trinajstić information content (AvgIpc) is 2.20. The molecule has 7 heteroatoms. The molecular formula is C10H19N3O4. The van der Waals surface area contributed by atoms with Crippen LogP contribution in [-0.4, -0.2) is 47.5 Å². The van der Waals surface area contributed by atoms with Gasteiger partial charge in [0.15, 0.2) is 0 Å². The van der Waals surface area contributed by atoms with E-state index in [9.17, 15) is 14.4 Å². The SMILES string of the molecule is CC(C)C(NC(=O)N(C)CCC(=O)O)C(N)=O. The van der Waals surface area contributed by atoms with Gasteiger partial charge in [-0.15, -0.1) is 0 Å². The van der Waals surface area contributed by atoms with Gasteiger partial charge in [-0.2, -0.15) is 0 Å². The van der Waals surface area contributed by atoms with Crippen LogP contribution in [-0.2, 0) is 9.59 Å². The quantitative estimate of drug-likeness (QED) is 0.591. The van der Waals surface area contributed by atoms with Crippen LogP contribution in [0.2, 0.25) is 0 Å². The number of carboxylic acids is 1. The summed E-state index contributed by atoms with van der Waals surface area (Å²) in [4.78, 5) is 34.2. The van der Waals surface area contributed by atoms with Crippen molar-refractivity contribution in [1.82, 2.24) is 10.2 Å². The largest absolute Gasteiger partial charge is 0.481 e. The first-order valence-electron chi connectivity index (χ1n) is 5.28. The summed E-state index contributed by atoms with van der Waals surface area (Å²) in [5, 5.41) is 10.9. The molecule has 0 radical (unpaired) electrons. The van der Waals surface area contributed by atoms with E-state index in [4.69, 9.17) is 10.8 Å². The van der Waals surface area contributed by atoms with Crippen LogP contribution in [0.3, 0.4) is 0 Å². The molecule has 0 heterocycles. The van der Waals surface area contributed by atoms with Gasteiger partial charge in [0.1, 0.15) is 6.04 Å². The molecule has 0 saturated heterocycles. The third-order valence-electron chi connectivity index (χ3n) is 2.26. The van der Waals surface area contributed by atoms with Gasteiger partial charge in [-0.1, -0.05) is 13.8 Å². The molecule has 0 aliphatic rings. The van der Waals surface area contributed by atoms with Crippen LogP contribution in [0.5, 0.6) is 0 Å². The Morgan fingerprint density at radius 3 is 2.24 bits per heavy atom. The standard InChI is InChI=1S/C10H19N3O4/c1-6(2)8(9(11)16)12-10(17)13(3)5-4-7(14)15/h6,8H,4-5H2,1-3H3,(H2,11,16)(H,12,17)(H,14,15). The van der Waals surface area contributed by atoms with Gasteiger partial charge in [-0.25, -0.2) is 4.79 Å². The van der Waals surface area contributed by atoms with E-state index in [1.54, 1.807) is 13.8 Å². The normalized spacial score (nSPS) is 12.0. The molecule has 0 bridgehead atoms. The van der Waals surface area contributed by atoms with E-state index in [1.165, 1.54) is 11.9 Å². The summed E-state index contributed by atoms with van der Waals surface area (Å²) in [7, 11) is 1.46. The smallest absolute Gasteiger partial charge is 0.317 e. The number of primary amides is 1. The number of carboxylic acid groups (broad SMARTS) is 1. The van der Waals surface area contributed by atoms with Gasteiger partial charge in [-0.3, -0.25) is 9.59 Å². The van der Waals surface area contributed by atoms with Crippen molar-refractivity contribution >= 4 is 17.9 Å². The molecule has 0 aromatic heterocycles. The Morgan fingerprint density at radius 2 is 1.88 bits per heavy atom. The molecule has 4 N–H and O–H groups in total. The highest BCUT2D eigenvalue weighted by atomic mass is 16.4. The van der Waals surface area contributed by atoms with Crippen molar-refractivity contribution in [3.05, 3.63) is 0 Å². The Labute approximate surface area is 100.0 Å². The highest BCUT2D eigenvalue weighted by molar-refractivity contribution is 5.86. The maximum atomic E-state index is 11.6. The molecular weight excluding hydrogens is 226 g/mol. The lowest BCUT2D eigenvalue weighted by Gasteiger charge is -2.23. The van der Waals surface area contributed by atoms with Crippen LogP contribution in [0, 0.1) is 5.92 Å². The molecule has 0 aliphatic heterocycles. The first-order valence-corrected chi connectivity index (χ1v) is 5.28. The molecule has 3 amide bonds. The first-order chi connectivity index (χ1) is 7.75. The maximum absolute atomic E-state index is 11.6. The Kier molecular flexibility index (Phi) is 6.01. The maximum Gasteiger partial charge on any atom is 0.317 e. The molecule has 0 rings (SSSR count). The minimum absolute atomic E-state index is 0.0742. The fraction of sp³-hybridized carbons (Fsp3) is 0.700. The van der Waals surface area contributed by atoms with Crippen molar-refractivity contribution in [2.45, 2.75) is 26.3 Å². The fourth-order valence-electron chi connectivity index (χ4n) is 1.17. The molecule has 98 valence electrons. The molecule has 1 atom stereocenters. The lowest BCUT2D eigenvalue weighted by atomic mass is 10.0. The number of hydrogen-bond acceptors (Lipinski definition) is 3. The molecule has 0 fully saturated rings. The zero-order valence-corrected chi connectivity index (χ0v) is 10.3. The van der Waals surface area contributed by atoms with Gasteiger partial charge in [0.25, 0.3) is 0 Å². The minimum atomic E-state index is -0.986. The number of rotatable bonds is 6. The summed E-state index contributed by atoms with van der Waals surface area (Å²) in [5.74, 6) is -1.72. The Balaban J connectivity index is 4.31. The van der Waals surface area contributed by atoms with Gasteiger partial charge in [0, 0.05) is 13.6 Å². The number of amides is 3. The zero-order chi connectivity index (χ0) is 13.6. The van der Waals surface area contributed by atoms with Gasteiger partial charge in [-0.05, 0) is 5.92 Å². The van der Waals surface area contributed by atoms with Crippen molar-refractivity contribution in [1.29, 1.82) is 0 Å². The number of hydrogen-bond donors (Lipinski definition) is 3. The van der Waals surface area contributed by atoms with Gasteiger partial charge in [0.2, 0.25) is 5.91 Å². The highest BCUT2D eigenvalue weighted by Crippen LogP contribution is 2.01. The number of nitrogens with one attached hydrogen (secondary N) is 1.